The number of alkyl carbamates (subject to hydrolysis) is 1. The molecular weight excluding hydrogens is 294 g/mol. The summed E-state index contributed by atoms with van der Waals surface area (Å²) < 4.78 is 5.31. The van der Waals surface area contributed by atoms with Gasteiger partial charge in [0.2, 0.25) is 0 Å². The fourth-order valence-electron chi connectivity index (χ4n) is 2.95. The van der Waals surface area contributed by atoms with E-state index in [1.54, 1.807) is 12.3 Å². The zero-order chi connectivity index (χ0) is 17.0. The lowest BCUT2D eigenvalue weighted by atomic mass is 10.0. The molecule has 1 aromatic heterocycles. The maximum Gasteiger partial charge on any atom is 0.407 e. The summed E-state index contributed by atoms with van der Waals surface area (Å²) in [5.41, 5.74) is 1.02. The first-order valence-corrected chi connectivity index (χ1v) is 8.18. The Labute approximate surface area is 137 Å². The van der Waals surface area contributed by atoms with Gasteiger partial charge in [-0.25, -0.2) is 4.79 Å². The topological polar surface area (TPSA) is 83.2 Å². The monoisotopic (exact) mass is 321 g/mol. The fraction of sp³-hybridized carbons (Fsp3) is 0.647. The van der Waals surface area contributed by atoms with Crippen molar-refractivity contribution in [3.63, 3.8) is 0 Å². The summed E-state index contributed by atoms with van der Waals surface area (Å²) in [4.78, 5) is 27.1. The zero-order valence-electron chi connectivity index (χ0n) is 14.4. The normalized spacial score (nSPS) is 21.0. The van der Waals surface area contributed by atoms with Crippen LogP contribution in [0.4, 0.5) is 4.79 Å². The largest absolute Gasteiger partial charge is 0.444 e. The summed E-state index contributed by atoms with van der Waals surface area (Å²) in [7, 11) is 0. The van der Waals surface area contributed by atoms with E-state index in [1.165, 1.54) is 0 Å². The number of nitrogens with one attached hydrogen (secondary N) is 3. The highest BCUT2D eigenvalue weighted by molar-refractivity contribution is 5.95. The van der Waals surface area contributed by atoms with Gasteiger partial charge in [-0.3, -0.25) is 4.79 Å². The molecule has 1 aromatic rings. The standard InChI is InChI=1S/C17H27N3O3/c1-11-13(8-9-18-11)15(21)19-10-12-6-5-7-14(12)20-16(22)23-17(2,3)4/h8-9,12,14,18H,5-7,10H2,1-4H3,(H,19,21)(H,20,22)/t12-,14-/m1/s1. The lowest BCUT2D eigenvalue weighted by Gasteiger charge is -2.25. The van der Waals surface area contributed by atoms with Gasteiger partial charge in [0.25, 0.3) is 5.91 Å². The van der Waals surface area contributed by atoms with Gasteiger partial charge in [0.15, 0.2) is 0 Å². The Morgan fingerprint density at radius 3 is 2.70 bits per heavy atom. The SMILES string of the molecule is Cc1[nH]ccc1C(=O)NC[C@H]1CCC[C@H]1NC(=O)OC(C)(C)C. The van der Waals surface area contributed by atoms with Crippen LogP contribution in [0.3, 0.4) is 0 Å². The van der Waals surface area contributed by atoms with E-state index in [0.717, 1.165) is 25.0 Å². The Balaban J connectivity index is 1.84. The van der Waals surface area contributed by atoms with E-state index in [-0.39, 0.29) is 24.0 Å². The average molecular weight is 321 g/mol. The van der Waals surface area contributed by atoms with Gasteiger partial charge in [0.05, 0.1) is 5.56 Å². The van der Waals surface area contributed by atoms with Crippen molar-refractivity contribution in [2.75, 3.05) is 6.54 Å². The van der Waals surface area contributed by atoms with Gasteiger partial charge in [-0.2, -0.15) is 0 Å². The molecule has 6 heteroatoms. The molecule has 2 atom stereocenters. The summed E-state index contributed by atoms with van der Waals surface area (Å²) in [6.07, 6.45) is 4.33. The summed E-state index contributed by atoms with van der Waals surface area (Å²) in [5.74, 6) is 0.164. The number of carbonyl (C=O) groups is 2. The molecule has 2 rings (SSSR count). The van der Waals surface area contributed by atoms with Crippen LogP contribution in [0, 0.1) is 12.8 Å². The molecule has 0 radical (unpaired) electrons. The third-order valence-electron chi connectivity index (χ3n) is 4.08. The first-order chi connectivity index (χ1) is 10.8. The molecule has 0 spiro atoms. The zero-order valence-corrected chi connectivity index (χ0v) is 14.4. The summed E-state index contributed by atoms with van der Waals surface area (Å²) in [5, 5.41) is 5.91. The van der Waals surface area contributed by atoms with Crippen molar-refractivity contribution in [3.8, 4) is 0 Å². The van der Waals surface area contributed by atoms with E-state index in [1.807, 2.05) is 27.7 Å². The highest BCUT2D eigenvalue weighted by atomic mass is 16.6. The van der Waals surface area contributed by atoms with E-state index in [2.05, 4.69) is 15.6 Å². The summed E-state index contributed by atoms with van der Waals surface area (Å²) in [6.45, 7) is 7.97. The molecule has 0 aromatic carbocycles. The van der Waals surface area contributed by atoms with Gasteiger partial charge in [-0.1, -0.05) is 6.42 Å². The van der Waals surface area contributed by atoms with Crippen molar-refractivity contribution >= 4 is 12.0 Å². The number of H-pyrrole nitrogens is 1. The minimum Gasteiger partial charge on any atom is -0.444 e. The molecule has 1 fully saturated rings. The predicted molar refractivity (Wildman–Crippen MR) is 88.4 cm³/mol. The summed E-state index contributed by atoms with van der Waals surface area (Å²) >= 11 is 0. The molecule has 1 aliphatic rings. The molecule has 6 nitrogen and oxygen atoms in total. The molecule has 1 aliphatic carbocycles. The van der Waals surface area contributed by atoms with Crippen molar-refractivity contribution in [1.82, 2.24) is 15.6 Å². The number of rotatable bonds is 4. The third kappa shape index (κ3) is 5.01. The molecule has 0 saturated heterocycles. The van der Waals surface area contributed by atoms with Crippen LogP contribution in [0.2, 0.25) is 0 Å². The minimum absolute atomic E-state index is 0.0532. The van der Waals surface area contributed by atoms with Crippen LogP contribution in [0.15, 0.2) is 12.3 Å². The molecule has 1 heterocycles. The second kappa shape index (κ2) is 7.06. The van der Waals surface area contributed by atoms with Gasteiger partial charge in [-0.15, -0.1) is 0 Å². The molecule has 1 saturated carbocycles. The van der Waals surface area contributed by atoms with Crippen LogP contribution in [0.5, 0.6) is 0 Å². The van der Waals surface area contributed by atoms with Gasteiger partial charge < -0.3 is 20.4 Å². The predicted octanol–water partition coefficient (Wildman–Crippen LogP) is 2.75. The second-order valence-corrected chi connectivity index (χ2v) is 7.17. The maximum absolute atomic E-state index is 12.2. The number of aromatic amines is 1. The second-order valence-electron chi connectivity index (χ2n) is 7.17. The average Bonchev–Trinajstić information content (AvgIpc) is 3.03. The van der Waals surface area contributed by atoms with Crippen molar-refractivity contribution in [2.45, 2.75) is 58.6 Å². The van der Waals surface area contributed by atoms with E-state index >= 15 is 0 Å². The molecular formula is C17H27N3O3. The highest BCUT2D eigenvalue weighted by Crippen LogP contribution is 2.25. The number of hydrogen-bond donors (Lipinski definition) is 3. The van der Waals surface area contributed by atoms with E-state index in [4.69, 9.17) is 4.74 Å². The molecule has 0 unspecified atom stereocenters. The molecule has 3 N–H and O–H groups in total. The maximum atomic E-state index is 12.2. The number of ether oxygens (including phenoxy) is 1. The quantitative estimate of drug-likeness (QED) is 0.797. The smallest absolute Gasteiger partial charge is 0.407 e. The van der Waals surface area contributed by atoms with Gasteiger partial charge in [-0.05, 0) is 52.5 Å². The van der Waals surface area contributed by atoms with Crippen LogP contribution in [0.1, 0.15) is 56.1 Å². The summed E-state index contributed by atoms with van der Waals surface area (Å²) in [6, 6.07) is 1.83. The lowest BCUT2D eigenvalue weighted by molar-refractivity contribution is 0.0493. The van der Waals surface area contributed by atoms with E-state index < -0.39 is 5.60 Å². The number of hydrogen-bond acceptors (Lipinski definition) is 3. The van der Waals surface area contributed by atoms with Crippen LogP contribution in [-0.4, -0.2) is 35.2 Å². The molecule has 0 aliphatic heterocycles. The van der Waals surface area contributed by atoms with E-state index in [0.29, 0.717) is 12.1 Å². The first kappa shape index (κ1) is 17.4. The van der Waals surface area contributed by atoms with Crippen molar-refractivity contribution < 1.29 is 14.3 Å². The van der Waals surface area contributed by atoms with Crippen LogP contribution in [0.25, 0.3) is 0 Å². The molecule has 2 amide bonds. The Kier molecular flexibility index (Phi) is 5.34. The van der Waals surface area contributed by atoms with Gasteiger partial charge in [0, 0.05) is 24.5 Å². The van der Waals surface area contributed by atoms with E-state index in [9.17, 15) is 9.59 Å². The molecule has 23 heavy (non-hydrogen) atoms. The number of aryl methyl sites for hydroxylation is 1. The Bertz CT molecular complexity index is 560. The highest BCUT2D eigenvalue weighted by Gasteiger charge is 2.30. The van der Waals surface area contributed by atoms with Gasteiger partial charge >= 0.3 is 6.09 Å². The van der Waals surface area contributed by atoms with Crippen LogP contribution < -0.4 is 10.6 Å². The molecule has 0 bridgehead atoms. The fourth-order valence-corrected chi connectivity index (χ4v) is 2.95. The van der Waals surface area contributed by atoms with Crippen LogP contribution in [-0.2, 0) is 4.74 Å². The number of aromatic nitrogens is 1. The molecule has 128 valence electrons. The van der Waals surface area contributed by atoms with Crippen molar-refractivity contribution in [1.29, 1.82) is 0 Å². The first-order valence-electron chi connectivity index (χ1n) is 8.18. The Hall–Kier alpha value is -1.98. The van der Waals surface area contributed by atoms with Crippen molar-refractivity contribution in [3.05, 3.63) is 23.5 Å². The lowest BCUT2D eigenvalue weighted by Crippen LogP contribution is -2.44. The van der Waals surface area contributed by atoms with Crippen molar-refractivity contribution in [2.24, 2.45) is 5.92 Å². The van der Waals surface area contributed by atoms with Gasteiger partial charge in [0.1, 0.15) is 5.60 Å². The third-order valence-corrected chi connectivity index (χ3v) is 4.08. The Morgan fingerprint density at radius 1 is 1.35 bits per heavy atom. The minimum atomic E-state index is -0.502. The number of carbonyl (C=O) groups excluding carboxylic acids is 2. The Morgan fingerprint density at radius 2 is 2.09 bits per heavy atom. The van der Waals surface area contributed by atoms with Crippen LogP contribution >= 0.6 is 0 Å². The number of amides is 2.